The van der Waals surface area contributed by atoms with Gasteiger partial charge in [0, 0.05) is 67.4 Å². The van der Waals surface area contributed by atoms with E-state index >= 15 is 0 Å². The van der Waals surface area contributed by atoms with Crippen molar-refractivity contribution < 1.29 is 24.2 Å². The van der Waals surface area contributed by atoms with Gasteiger partial charge in [-0.1, -0.05) is 131 Å². The van der Waals surface area contributed by atoms with E-state index in [1.807, 2.05) is 52.1 Å². The predicted octanol–water partition coefficient (Wildman–Crippen LogP) is 10.6. The van der Waals surface area contributed by atoms with Gasteiger partial charge in [0.25, 0.3) is 0 Å². The van der Waals surface area contributed by atoms with Gasteiger partial charge in [0.2, 0.25) is 17.6 Å². The van der Waals surface area contributed by atoms with Crippen molar-refractivity contribution in [3.8, 4) is 28.1 Å². The molecule has 77 heavy (non-hydrogen) atoms. The molecular weight excluding hydrogens is 983 g/mol. The van der Waals surface area contributed by atoms with Crippen molar-refractivity contribution in [1.82, 2.24) is 40.0 Å². The zero-order valence-corrected chi connectivity index (χ0v) is 46.6. The Bertz CT molecular complexity index is 2870. The lowest BCUT2D eigenvalue weighted by molar-refractivity contribution is -0.139. The highest BCUT2D eigenvalue weighted by Gasteiger charge is 2.40. The summed E-state index contributed by atoms with van der Waals surface area (Å²) in [6.07, 6.45) is 18.5. The zero-order valence-electron chi connectivity index (χ0n) is 45.8. The van der Waals surface area contributed by atoms with Crippen LogP contribution in [0.4, 0.5) is 5.82 Å². The number of likely N-dealkylation sites (N-methyl/N-ethyl adjacent to an activating group) is 1. The van der Waals surface area contributed by atoms with E-state index in [9.17, 15) is 19.5 Å². The van der Waals surface area contributed by atoms with Gasteiger partial charge in [0.15, 0.2) is 5.65 Å². The maximum Gasteiger partial charge on any atom is 0.246 e. The molecule has 5 heterocycles. The minimum Gasteiger partial charge on any atom is -0.494 e. The molecule has 3 fully saturated rings. The number of unbranched alkanes of at least 4 members (excludes halogenated alkanes) is 8. The number of likely N-dealkylation sites (tertiary alicyclic amines) is 1. The third-order valence-electron chi connectivity index (χ3n) is 16.2. The lowest BCUT2D eigenvalue weighted by Gasteiger charge is -2.35. The van der Waals surface area contributed by atoms with Gasteiger partial charge in [-0.05, 0) is 95.0 Å². The molecule has 0 bridgehead atoms. The molecule has 3 aromatic heterocycles. The molecule has 3 aromatic carbocycles. The number of hydrogen-bond donors (Lipinski definition) is 3. The summed E-state index contributed by atoms with van der Waals surface area (Å²) in [7, 11) is 1.75. The summed E-state index contributed by atoms with van der Waals surface area (Å²) in [4.78, 5) is 57.7. The summed E-state index contributed by atoms with van der Waals surface area (Å²) in [6, 6.07) is 27.8. The normalized spacial score (nSPS) is 17.2. The number of ether oxygens (including phenoxy) is 1. The highest BCUT2D eigenvalue weighted by Crippen LogP contribution is 2.38. The number of aliphatic hydroxyl groups excluding tert-OH is 1. The summed E-state index contributed by atoms with van der Waals surface area (Å²) in [5.41, 5.74) is 8.41. The van der Waals surface area contributed by atoms with E-state index in [-0.39, 0.29) is 36.2 Å². The molecule has 2 aliphatic heterocycles. The molecule has 1 aliphatic carbocycles. The van der Waals surface area contributed by atoms with Gasteiger partial charge >= 0.3 is 0 Å². The van der Waals surface area contributed by atoms with Crippen LogP contribution in [-0.2, 0) is 16.0 Å². The van der Waals surface area contributed by atoms with Crippen molar-refractivity contribution in [3.63, 3.8) is 0 Å². The van der Waals surface area contributed by atoms with E-state index in [2.05, 4.69) is 82.0 Å². The van der Waals surface area contributed by atoms with Crippen molar-refractivity contribution >= 4 is 40.4 Å². The van der Waals surface area contributed by atoms with Crippen LogP contribution in [0.15, 0.2) is 90.3 Å². The third kappa shape index (κ3) is 14.2. The number of nitrogens with one attached hydrogen (secondary N) is 2. The molecule has 0 unspecified atom stereocenters. The summed E-state index contributed by atoms with van der Waals surface area (Å²) in [5.74, 6) is 1.51. The molecule has 2 amide bonds. The summed E-state index contributed by atoms with van der Waals surface area (Å²) < 4.78 is 8.18. The van der Waals surface area contributed by atoms with Gasteiger partial charge in [-0.25, -0.2) is 9.97 Å². The summed E-state index contributed by atoms with van der Waals surface area (Å²) in [5, 5.41) is 23.3. The van der Waals surface area contributed by atoms with Crippen molar-refractivity contribution in [3.05, 3.63) is 118 Å². The average Bonchev–Trinajstić information content (AvgIpc) is 4.34. The first-order chi connectivity index (χ1) is 37.7. The number of thiazole rings is 1. The average molecular weight is 1060 g/mol. The Labute approximate surface area is 460 Å². The van der Waals surface area contributed by atoms with Gasteiger partial charge in [-0.2, -0.15) is 9.61 Å². The Morgan fingerprint density at radius 1 is 0.779 bits per heavy atom. The Hall–Kier alpha value is -6.00. The number of aryl methyl sites for hydroxylation is 2. The topological polar surface area (TPSA) is 158 Å². The SMILES string of the molecule is CN[C@@H](C)C(=O)N[C@H](C(=O)N1CCC[C@H]1c1nc(C(=O)c2cccc(OCCCCCCCCCCCc3cccc(-c4c(C)nn5c(N6CCN(CCO)CC6)cc(-c6ccccc6)nc45)c3)c2)cs1)C1CCCCC1. The maximum absolute atomic E-state index is 14.2. The van der Waals surface area contributed by atoms with E-state index in [1.165, 1.54) is 55.4 Å². The van der Waals surface area contributed by atoms with Gasteiger partial charge < -0.3 is 30.3 Å². The molecule has 3 N–H and O–H groups in total. The number of aromatic nitrogens is 4. The number of amides is 2. The van der Waals surface area contributed by atoms with Gasteiger partial charge in [-0.3, -0.25) is 19.3 Å². The lowest BCUT2D eigenvalue weighted by atomic mass is 9.83. The number of nitrogens with zero attached hydrogens (tertiary/aromatic N) is 7. The fraction of sp³-hybridized carbons (Fsp3) is 0.516. The minimum atomic E-state index is -0.560. The summed E-state index contributed by atoms with van der Waals surface area (Å²) >= 11 is 1.43. The van der Waals surface area contributed by atoms with Crippen LogP contribution in [0, 0.1) is 12.8 Å². The number of fused-ring (bicyclic) bond motifs is 1. The van der Waals surface area contributed by atoms with Crippen LogP contribution in [-0.4, -0.2) is 124 Å². The van der Waals surface area contributed by atoms with Crippen molar-refractivity contribution in [2.45, 2.75) is 141 Å². The van der Waals surface area contributed by atoms with Crippen molar-refractivity contribution in [1.29, 1.82) is 0 Å². The molecular formula is C62H81N9O5S. The number of carbonyl (C=O) groups excluding carboxylic acids is 3. The van der Waals surface area contributed by atoms with Gasteiger partial charge in [0.05, 0.1) is 36.7 Å². The van der Waals surface area contributed by atoms with E-state index in [0.717, 1.165) is 141 Å². The van der Waals surface area contributed by atoms with E-state index < -0.39 is 12.1 Å². The number of anilines is 1. The Kier molecular flexibility index (Phi) is 19.9. The number of β-amino-alcohol motifs (C(OH)–C–C–N with tert-alkyl or cyclic N) is 1. The standard InChI is InChI=1S/C62H81N9O5S/c1-44-56(59-64-52(47-24-14-11-15-25-47)42-55(71(59)67-44)69-35-33-68(34-36-69)37-38-72)49-28-19-23-46(40-49)22-13-9-7-5-4-6-8-10-18-39-76-51-30-20-29-50(41-51)58(73)53-43-77-61(65-53)54-31-21-32-70(54)62(75)57(48-26-16-12-17-27-48)66-60(74)45(2)63-3/h11,14-15,19-20,23-25,28-30,40-43,45,48,54,57,63,72H,4-10,12-13,16-18,21-22,26-27,31-39H2,1-3H3,(H,66,74)/t45-,54-,57-/m0/s1. The van der Waals surface area contributed by atoms with E-state index in [4.69, 9.17) is 19.8 Å². The molecule has 14 nitrogen and oxygen atoms in total. The van der Waals surface area contributed by atoms with Crippen molar-refractivity contribution in [2.75, 3.05) is 64.4 Å². The fourth-order valence-corrected chi connectivity index (χ4v) is 12.6. The Morgan fingerprint density at radius 2 is 1.51 bits per heavy atom. The number of ketones is 1. The molecule has 3 aliphatic rings. The first-order valence-corrected chi connectivity index (χ1v) is 29.7. The highest BCUT2D eigenvalue weighted by molar-refractivity contribution is 7.10. The number of rotatable bonds is 26. The quantitative estimate of drug-likeness (QED) is 0.0351. The Morgan fingerprint density at radius 3 is 2.26 bits per heavy atom. The molecule has 1 saturated carbocycles. The first kappa shape index (κ1) is 55.7. The summed E-state index contributed by atoms with van der Waals surface area (Å²) in [6.45, 7) is 9.55. The van der Waals surface area contributed by atoms with Crippen LogP contribution in [0.1, 0.15) is 148 Å². The third-order valence-corrected chi connectivity index (χ3v) is 17.2. The number of piperazine rings is 1. The van der Waals surface area contributed by atoms with E-state index in [1.54, 1.807) is 7.05 Å². The van der Waals surface area contributed by atoms with Crippen LogP contribution in [0.3, 0.4) is 0 Å². The maximum atomic E-state index is 14.2. The minimum absolute atomic E-state index is 0.0328. The molecule has 0 radical (unpaired) electrons. The predicted molar refractivity (Wildman–Crippen MR) is 308 cm³/mol. The highest BCUT2D eigenvalue weighted by atomic mass is 32.1. The number of hydrogen-bond acceptors (Lipinski definition) is 12. The number of aliphatic hydroxyl groups is 1. The van der Waals surface area contributed by atoms with Gasteiger partial charge in [0.1, 0.15) is 28.3 Å². The monoisotopic (exact) mass is 1060 g/mol. The largest absolute Gasteiger partial charge is 0.494 e. The van der Waals surface area contributed by atoms with Crippen molar-refractivity contribution in [2.24, 2.45) is 5.92 Å². The zero-order chi connectivity index (χ0) is 53.5. The Balaban J connectivity index is 0.690. The molecule has 0 spiro atoms. The molecule has 9 rings (SSSR count). The van der Waals surface area contributed by atoms with Crippen LogP contribution < -0.4 is 20.3 Å². The van der Waals surface area contributed by atoms with Gasteiger partial charge in [-0.15, -0.1) is 11.3 Å². The van der Waals surface area contributed by atoms with Crippen LogP contribution in [0.25, 0.3) is 28.0 Å². The molecule has 2 saturated heterocycles. The molecule has 410 valence electrons. The lowest BCUT2D eigenvalue weighted by Crippen LogP contribution is -2.55. The van der Waals surface area contributed by atoms with E-state index in [0.29, 0.717) is 36.7 Å². The second-order valence-corrected chi connectivity index (χ2v) is 22.5. The number of carbonyl (C=O) groups is 3. The second kappa shape index (κ2) is 27.5. The molecule has 15 heteroatoms. The first-order valence-electron chi connectivity index (χ1n) is 28.8. The smallest absolute Gasteiger partial charge is 0.246 e. The fourth-order valence-electron chi connectivity index (χ4n) is 11.7. The van der Waals surface area contributed by atoms with Crippen LogP contribution in [0.2, 0.25) is 0 Å². The molecule has 6 aromatic rings. The van der Waals surface area contributed by atoms with Crippen LogP contribution in [0.5, 0.6) is 5.75 Å². The van der Waals surface area contributed by atoms with Crippen LogP contribution >= 0.6 is 11.3 Å². The molecule has 3 atom stereocenters. The second-order valence-electron chi connectivity index (χ2n) is 21.6. The number of benzene rings is 3.